The Morgan fingerprint density at radius 3 is 2.40 bits per heavy atom. The third kappa shape index (κ3) is 3.44. The first-order chi connectivity index (χ1) is 9.37. The van der Waals surface area contributed by atoms with E-state index in [1.807, 2.05) is 0 Å². The van der Waals surface area contributed by atoms with Gasteiger partial charge in [0.15, 0.2) is 5.41 Å². The summed E-state index contributed by atoms with van der Waals surface area (Å²) in [5, 5.41) is 10.2. The molecular formula is C14H16Cl2O4. The van der Waals surface area contributed by atoms with Crippen LogP contribution in [0.15, 0.2) is 18.2 Å². The fourth-order valence-electron chi connectivity index (χ4n) is 1.92. The van der Waals surface area contributed by atoms with Crippen molar-refractivity contribution in [2.24, 2.45) is 5.41 Å². The van der Waals surface area contributed by atoms with Crippen LogP contribution in [0.4, 0.5) is 0 Å². The molecule has 0 bridgehead atoms. The van der Waals surface area contributed by atoms with Gasteiger partial charge in [-0.15, -0.1) is 0 Å². The van der Waals surface area contributed by atoms with Gasteiger partial charge in [0.1, 0.15) is 0 Å². The summed E-state index contributed by atoms with van der Waals surface area (Å²) in [7, 11) is 0. The van der Waals surface area contributed by atoms with Gasteiger partial charge in [0.25, 0.3) is 0 Å². The lowest BCUT2D eigenvalue weighted by Gasteiger charge is -2.26. The summed E-state index contributed by atoms with van der Waals surface area (Å²) in [6.45, 7) is 3.40. The lowest BCUT2D eigenvalue weighted by Crippen LogP contribution is -2.42. The summed E-state index contributed by atoms with van der Waals surface area (Å²) in [5.41, 5.74) is -1.08. The highest BCUT2D eigenvalue weighted by molar-refractivity contribution is 6.35. The zero-order valence-corrected chi connectivity index (χ0v) is 12.8. The predicted molar refractivity (Wildman–Crippen MR) is 77.2 cm³/mol. The van der Waals surface area contributed by atoms with Crippen molar-refractivity contribution in [1.29, 1.82) is 0 Å². The minimum Gasteiger partial charge on any atom is -0.480 e. The average molecular weight is 319 g/mol. The molecule has 0 spiro atoms. The van der Waals surface area contributed by atoms with Crippen LogP contribution in [0.3, 0.4) is 0 Å². The number of hydrogen-bond donors (Lipinski definition) is 1. The molecule has 0 radical (unpaired) electrons. The molecule has 0 heterocycles. The highest BCUT2D eigenvalue weighted by atomic mass is 35.5. The number of carboxylic acids is 1. The van der Waals surface area contributed by atoms with Crippen molar-refractivity contribution in [2.75, 3.05) is 6.61 Å². The summed E-state index contributed by atoms with van der Waals surface area (Å²) in [4.78, 5) is 23.6. The Kier molecular flexibility index (Phi) is 5.84. The summed E-state index contributed by atoms with van der Waals surface area (Å²) in [6, 6.07) is 4.75. The van der Waals surface area contributed by atoms with Gasteiger partial charge in [-0.3, -0.25) is 9.59 Å². The van der Waals surface area contributed by atoms with Gasteiger partial charge in [0.2, 0.25) is 0 Å². The fourth-order valence-corrected chi connectivity index (χ4v) is 2.39. The number of carbonyl (C=O) groups is 2. The molecule has 0 aliphatic carbocycles. The van der Waals surface area contributed by atoms with E-state index in [4.69, 9.17) is 27.9 Å². The van der Waals surface area contributed by atoms with E-state index in [1.165, 1.54) is 6.07 Å². The van der Waals surface area contributed by atoms with Crippen molar-refractivity contribution < 1.29 is 19.4 Å². The Morgan fingerprint density at radius 2 is 1.95 bits per heavy atom. The van der Waals surface area contributed by atoms with Crippen LogP contribution in [0.5, 0.6) is 0 Å². The maximum Gasteiger partial charge on any atom is 0.323 e. The summed E-state index contributed by atoms with van der Waals surface area (Å²) in [6.07, 6.45) is 0.0772. The third-order valence-corrected chi connectivity index (χ3v) is 3.77. The number of carbonyl (C=O) groups excluding carboxylic acids is 1. The number of benzene rings is 1. The Morgan fingerprint density at radius 1 is 1.30 bits per heavy atom. The highest BCUT2D eigenvalue weighted by Gasteiger charge is 2.46. The van der Waals surface area contributed by atoms with Crippen LogP contribution in [0.25, 0.3) is 0 Å². The van der Waals surface area contributed by atoms with Gasteiger partial charge in [0, 0.05) is 16.5 Å². The van der Waals surface area contributed by atoms with Crippen LogP contribution in [0, 0.1) is 5.41 Å². The molecule has 6 heteroatoms. The third-order valence-electron chi connectivity index (χ3n) is 3.19. The van der Waals surface area contributed by atoms with Crippen molar-refractivity contribution >= 4 is 35.1 Å². The predicted octanol–water partition coefficient (Wildman–Crippen LogP) is 3.58. The number of hydrogen-bond acceptors (Lipinski definition) is 3. The van der Waals surface area contributed by atoms with Crippen LogP contribution in [0.1, 0.15) is 25.8 Å². The molecule has 1 atom stereocenters. The first-order valence-electron chi connectivity index (χ1n) is 6.22. The number of halogens is 2. The molecule has 1 unspecified atom stereocenters. The molecule has 0 fully saturated rings. The molecule has 4 nitrogen and oxygen atoms in total. The van der Waals surface area contributed by atoms with E-state index in [-0.39, 0.29) is 19.4 Å². The van der Waals surface area contributed by atoms with Gasteiger partial charge in [-0.25, -0.2) is 0 Å². The molecule has 0 amide bonds. The first kappa shape index (κ1) is 16.8. The van der Waals surface area contributed by atoms with E-state index in [2.05, 4.69) is 0 Å². The fraction of sp³-hybridized carbons (Fsp3) is 0.429. The molecule has 0 saturated carbocycles. The molecule has 0 aliphatic heterocycles. The lowest BCUT2D eigenvalue weighted by molar-refractivity contribution is -0.168. The quantitative estimate of drug-likeness (QED) is 0.643. The number of esters is 1. The smallest absolute Gasteiger partial charge is 0.323 e. The Hall–Kier alpha value is -1.26. The highest BCUT2D eigenvalue weighted by Crippen LogP contribution is 2.33. The van der Waals surface area contributed by atoms with Crippen molar-refractivity contribution in [1.82, 2.24) is 0 Å². The zero-order chi connectivity index (χ0) is 15.3. The monoisotopic (exact) mass is 318 g/mol. The summed E-state index contributed by atoms with van der Waals surface area (Å²) < 4.78 is 4.91. The molecule has 1 aromatic carbocycles. The molecule has 1 rings (SSSR count). The van der Waals surface area contributed by atoms with Crippen LogP contribution in [-0.4, -0.2) is 23.7 Å². The summed E-state index contributed by atoms with van der Waals surface area (Å²) in [5.74, 6) is -1.97. The summed E-state index contributed by atoms with van der Waals surface area (Å²) >= 11 is 11.9. The maximum absolute atomic E-state index is 12.0. The maximum atomic E-state index is 12.0. The minimum atomic E-state index is -1.63. The second-order valence-electron chi connectivity index (χ2n) is 4.37. The molecule has 0 aromatic heterocycles. The molecule has 0 aliphatic rings. The van der Waals surface area contributed by atoms with Crippen molar-refractivity contribution in [3.63, 3.8) is 0 Å². The normalized spacial score (nSPS) is 13.6. The van der Waals surface area contributed by atoms with Gasteiger partial charge in [-0.1, -0.05) is 36.2 Å². The minimum absolute atomic E-state index is 0.0341. The largest absolute Gasteiger partial charge is 0.480 e. The lowest BCUT2D eigenvalue weighted by atomic mass is 9.79. The topological polar surface area (TPSA) is 63.6 Å². The van der Waals surface area contributed by atoms with E-state index in [0.717, 1.165) is 0 Å². The SMILES string of the molecule is CCOC(=O)C(CC)(Cc1ccc(Cl)cc1Cl)C(=O)O. The number of carboxylic acid groups (broad SMARTS) is 1. The van der Waals surface area contributed by atoms with Crippen LogP contribution >= 0.6 is 23.2 Å². The standard InChI is InChI=1S/C14H16Cl2O4/c1-3-14(12(17)18,13(19)20-4-2)8-9-5-6-10(15)7-11(9)16/h5-7H,3-4,8H2,1-2H3,(H,17,18). The van der Waals surface area contributed by atoms with E-state index >= 15 is 0 Å². The van der Waals surface area contributed by atoms with E-state index < -0.39 is 17.4 Å². The van der Waals surface area contributed by atoms with Gasteiger partial charge in [0.05, 0.1) is 6.61 Å². The molecule has 1 N–H and O–H groups in total. The number of rotatable bonds is 6. The molecule has 0 saturated heterocycles. The first-order valence-corrected chi connectivity index (χ1v) is 6.97. The Bertz CT molecular complexity index is 516. The van der Waals surface area contributed by atoms with Crippen LogP contribution in [0.2, 0.25) is 10.0 Å². The number of ether oxygens (including phenoxy) is 1. The van der Waals surface area contributed by atoms with E-state index in [0.29, 0.717) is 15.6 Å². The van der Waals surface area contributed by atoms with Gasteiger partial charge < -0.3 is 9.84 Å². The second-order valence-corrected chi connectivity index (χ2v) is 5.22. The second kappa shape index (κ2) is 6.95. The van der Waals surface area contributed by atoms with E-state index in [1.54, 1.807) is 26.0 Å². The van der Waals surface area contributed by atoms with Crippen molar-refractivity contribution in [3.05, 3.63) is 33.8 Å². The van der Waals surface area contributed by atoms with Crippen LogP contribution in [-0.2, 0) is 20.7 Å². The van der Waals surface area contributed by atoms with Crippen molar-refractivity contribution in [3.8, 4) is 0 Å². The van der Waals surface area contributed by atoms with Gasteiger partial charge >= 0.3 is 11.9 Å². The van der Waals surface area contributed by atoms with Gasteiger partial charge in [-0.05, 0) is 31.0 Å². The van der Waals surface area contributed by atoms with Crippen LogP contribution < -0.4 is 0 Å². The van der Waals surface area contributed by atoms with E-state index in [9.17, 15) is 14.7 Å². The zero-order valence-electron chi connectivity index (χ0n) is 11.3. The Balaban J connectivity index is 3.18. The molecular weight excluding hydrogens is 303 g/mol. The Labute approximate surface area is 127 Å². The molecule has 110 valence electrons. The molecule has 20 heavy (non-hydrogen) atoms. The van der Waals surface area contributed by atoms with Crippen molar-refractivity contribution in [2.45, 2.75) is 26.7 Å². The average Bonchev–Trinajstić information content (AvgIpc) is 2.38. The number of aliphatic carboxylic acids is 1. The molecule has 1 aromatic rings. The van der Waals surface area contributed by atoms with Gasteiger partial charge in [-0.2, -0.15) is 0 Å².